The molecule has 0 unspecified atom stereocenters. The molecule has 0 aliphatic heterocycles. The van der Waals surface area contributed by atoms with E-state index in [0.717, 1.165) is 11.5 Å². The number of benzene rings is 1. The van der Waals surface area contributed by atoms with Gasteiger partial charge < -0.3 is 20.3 Å². The molecule has 1 aromatic rings. The van der Waals surface area contributed by atoms with Crippen molar-refractivity contribution in [2.75, 3.05) is 27.7 Å². The quantitative estimate of drug-likeness (QED) is 0.612. The third kappa shape index (κ3) is 6.64. The van der Waals surface area contributed by atoms with Crippen LogP contribution in [0.15, 0.2) is 29.3 Å². The number of amides is 1. The zero-order chi connectivity index (χ0) is 18.1. The van der Waals surface area contributed by atoms with E-state index < -0.39 is 0 Å². The number of nitrogens with zero attached hydrogens (tertiary/aromatic N) is 2. The van der Waals surface area contributed by atoms with Crippen molar-refractivity contribution in [3.63, 3.8) is 0 Å². The van der Waals surface area contributed by atoms with Gasteiger partial charge in [-0.15, -0.1) is 0 Å². The SMILES string of the molecule is CN=C(NCc1cccc(OCC(=O)N(C)C)c1)NC1CCCCC1. The Balaban J connectivity index is 1.82. The van der Waals surface area contributed by atoms with Gasteiger partial charge in [-0.05, 0) is 30.5 Å². The molecule has 2 rings (SSSR count). The number of nitrogens with one attached hydrogen (secondary N) is 2. The van der Waals surface area contributed by atoms with Gasteiger partial charge in [0.1, 0.15) is 5.75 Å². The number of guanidine groups is 1. The minimum Gasteiger partial charge on any atom is -0.484 e. The summed E-state index contributed by atoms with van der Waals surface area (Å²) in [5, 5.41) is 6.85. The van der Waals surface area contributed by atoms with Crippen molar-refractivity contribution < 1.29 is 9.53 Å². The molecular weight excluding hydrogens is 316 g/mol. The van der Waals surface area contributed by atoms with Crippen LogP contribution in [0.4, 0.5) is 0 Å². The van der Waals surface area contributed by atoms with Crippen LogP contribution in [0.3, 0.4) is 0 Å². The Kier molecular flexibility index (Phi) is 7.57. The first-order chi connectivity index (χ1) is 12.1. The van der Waals surface area contributed by atoms with Crippen molar-refractivity contribution in [1.82, 2.24) is 15.5 Å². The average Bonchev–Trinajstić information content (AvgIpc) is 2.64. The van der Waals surface area contributed by atoms with Gasteiger partial charge in [-0.1, -0.05) is 31.4 Å². The molecule has 1 amide bonds. The van der Waals surface area contributed by atoms with E-state index in [1.165, 1.54) is 37.0 Å². The highest BCUT2D eigenvalue weighted by atomic mass is 16.5. The molecule has 0 bridgehead atoms. The number of aliphatic imine (C=N–C) groups is 1. The number of carbonyl (C=O) groups excluding carboxylic acids is 1. The van der Waals surface area contributed by atoms with Gasteiger partial charge in [0.25, 0.3) is 5.91 Å². The standard InChI is InChI=1S/C19H30N4O2/c1-20-19(22-16-9-5-4-6-10-16)21-13-15-8-7-11-17(12-15)25-14-18(24)23(2)3/h7-8,11-12,16H,4-6,9-10,13-14H2,1-3H3,(H2,20,21,22). The second-order valence-corrected chi connectivity index (χ2v) is 6.63. The van der Waals surface area contributed by atoms with Crippen LogP contribution in [0.25, 0.3) is 0 Å². The Morgan fingerprint density at radius 1 is 1.28 bits per heavy atom. The van der Waals surface area contributed by atoms with Crippen molar-refractivity contribution in [1.29, 1.82) is 0 Å². The molecule has 25 heavy (non-hydrogen) atoms. The second kappa shape index (κ2) is 9.91. The molecule has 0 radical (unpaired) electrons. The lowest BCUT2D eigenvalue weighted by Gasteiger charge is -2.24. The fourth-order valence-corrected chi connectivity index (χ4v) is 2.84. The van der Waals surface area contributed by atoms with Crippen molar-refractivity contribution in [2.45, 2.75) is 44.7 Å². The van der Waals surface area contributed by atoms with Crippen molar-refractivity contribution in [3.8, 4) is 5.75 Å². The Morgan fingerprint density at radius 2 is 2.04 bits per heavy atom. The molecule has 1 aliphatic rings. The first-order valence-electron chi connectivity index (χ1n) is 8.97. The zero-order valence-electron chi connectivity index (χ0n) is 15.5. The number of hydrogen-bond donors (Lipinski definition) is 2. The normalized spacial score (nSPS) is 15.6. The van der Waals surface area contributed by atoms with Crippen LogP contribution in [0.5, 0.6) is 5.75 Å². The van der Waals surface area contributed by atoms with E-state index in [2.05, 4.69) is 15.6 Å². The minimum absolute atomic E-state index is 0.0504. The topological polar surface area (TPSA) is 66.0 Å². The molecule has 0 spiro atoms. The third-order valence-electron chi connectivity index (χ3n) is 4.39. The van der Waals surface area contributed by atoms with Crippen LogP contribution in [-0.4, -0.2) is 50.6 Å². The summed E-state index contributed by atoms with van der Waals surface area (Å²) in [5.74, 6) is 1.48. The van der Waals surface area contributed by atoms with Crippen molar-refractivity contribution >= 4 is 11.9 Å². The van der Waals surface area contributed by atoms with E-state index in [0.29, 0.717) is 18.3 Å². The molecule has 0 heterocycles. The molecule has 1 fully saturated rings. The predicted molar refractivity (Wildman–Crippen MR) is 101 cm³/mol. The molecule has 1 saturated carbocycles. The molecule has 0 atom stereocenters. The number of likely N-dealkylation sites (N-methyl/N-ethyl adjacent to an activating group) is 1. The van der Waals surface area contributed by atoms with Gasteiger partial charge in [0.2, 0.25) is 0 Å². The molecule has 6 heteroatoms. The van der Waals surface area contributed by atoms with Gasteiger partial charge in [0.15, 0.2) is 12.6 Å². The van der Waals surface area contributed by atoms with E-state index in [9.17, 15) is 4.79 Å². The largest absolute Gasteiger partial charge is 0.484 e. The van der Waals surface area contributed by atoms with Gasteiger partial charge in [-0.25, -0.2) is 0 Å². The van der Waals surface area contributed by atoms with Crippen LogP contribution in [-0.2, 0) is 11.3 Å². The van der Waals surface area contributed by atoms with E-state index >= 15 is 0 Å². The van der Waals surface area contributed by atoms with E-state index in [4.69, 9.17) is 4.74 Å². The van der Waals surface area contributed by atoms with Crippen molar-refractivity contribution in [3.05, 3.63) is 29.8 Å². The fourth-order valence-electron chi connectivity index (χ4n) is 2.84. The molecule has 0 aromatic heterocycles. The molecular formula is C19H30N4O2. The maximum atomic E-state index is 11.6. The predicted octanol–water partition coefficient (Wildman–Crippen LogP) is 2.15. The summed E-state index contributed by atoms with van der Waals surface area (Å²) >= 11 is 0. The third-order valence-corrected chi connectivity index (χ3v) is 4.39. The van der Waals surface area contributed by atoms with Crippen LogP contribution >= 0.6 is 0 Å². The molecule has 6 nitrogen and oxygen atoms in total. The summed E-state index contributed by atoms with van der Waals surface area (Å²) in [6.45, 7) is 0.708. The summed E-state index contributed by atoms with van der Waals surface area (Å²) < 4.78 is 5.56. The highest BCUT2D eigenvalue weighted by molar-refractivity contribution is 5.80. The highest BCUT2D eigenvalue weighted by Gasteiger charge is 2.14. The Bertz CT molecular complexity index is 581. The minimum atomic E-state index is -0.0550. The Labute approximate surface area is 150 Å². The molecule has 1 aromatic carbocycles. The maximum Gasteiger partial charge on any atom is 0.259 e. The molecule has 2 N–H and O–H groups in total. The molecule has 138 valence electrons. The first-order valence-corrected chi connectivity index (χ1v) is 8.97. The summed E-state index contributed by atoms with van der Waals surface area (Å²) in [4.78, 5) is 17.4. The van der Waals surface area contributed by atoms with Gasteiger partial charge in [0.05, 0.1) is 0 Å². The zero-order valence-corrected chi connectivity index (χ0v) is 15.5. The highest BCUT2D eigenvalue weighted by Crippen LogP contribution is 2.17. The lowest BCUT2D eigenvalue weighted by molar-refractivity contribution is -0.130. The molecule has 0 saturated heterocycles. The van der Waals surface area contributed by atoms with Gasteiger partial charge in [-0.3, -0.25) is 9.79 Å². The second-order valence-electron chi connectivity index (χ2n) is 6.63. The lowest BCUT2D eigenvalue weighted by atomic mass is 9.96. The monoisotopic (exact) mass is 346 g/mol. The van der Waals surface area contributed by atoms with E-state index in [-0.39, 0.29) is 12.5 Å². The van der Waals surface area contributed by atoms with Crippen molar-refractivity contribution in [2.24, 2.45) is 4.99 Å². The summed E-state index contributed by atoms with van der Waals surface area (Å²) in [6, 6.07) is 8.29. The van der Waals surface area contributed by atoms with Gasteiger partial charge in [-0.2, -0.15) is 0 Å². The van der Waals surface area contributed by atoms with Crippen LogP contribution in [0.2, 0.25) is 0 Å². The van der Waals surface area contributed by atoms with Crippen LogP contribution in [0, 0.1) is 0 Å². The summed E-state index contributed by atoms with van der Waals surface area (Å²) in [6.07, 6.45) is 6.35. The Morgan fingerprint density at radius 3 is 2.72 bits per heavy atom. The Hall–Kier alpha value is -2.24. The number of hydrogen-bond acceptors (Lipinski definition) is 3. The first kappa shape index (κ1) is 19.1. The average molecular weight is 346 g/mol. The van der Waals surface area contributed by atoms with Crippen LogP contribution in [0.1, 0.15) is 37.7 Å². The van der Waals surface area contributed by atoms with E-state index in [1.54, 1.807) is 21.1 Å². The van der Waals surface area contributed by atoms with Gasteiger partial charge in [0, 0.05) is 33.7 Å². The lowest BCUT2D eigenvalue weighted by Crippen LogP contribution is -2.43. The van der Waals surface area contributed by atoms with E-state index in [1.807, 2.05) is 24.3 Å². The summed E-state index contributed by atoms with van der Waals surface area (Å²) in [5.41, 5.74) is 1.08. The van der Waals surface area contributed by atoms with Crippen LogP contribution < -0.4 is 15.4 Å². The smallest absolute Gasteiger partial charge is 0.259 e. The summed E-state index contributed by atoms with van der Waals surface area (Å²) in [7, 11) is 5.23. The maximum absolute atomic E-state index is 11.6. The number of ether oxygens (including phenoxy) is 1. The fraction of sp³-hybridized carbons (Fsp3) is 0.579. The number of carbonyl (C=O) groups is 1. The van der Waals surface area contributed by atoms with Gasteiger partial charge >= 0.3 is 0 Å². The number of rotatable bonds is 6. The molecule has 1 aliphatic carbocycles.